The van der Waals surface area contributed by atoms with Crippen molar-refractivity contribution in [2.75, 3.05) is 13.2 Å². The summed E-state index contributed by atoms with van der Waals surface area (Å²) in [5.41, 5.74) is 0.623. The van der Waals surface area contributed by atoms with Crippen molar-refractivity contribution in [2.24, 2.45) is 0 Å². The lowest BCUT2D eigenvalue weighted by Crippen LogP contribution is -2.40. The van der Waals surface area contributed by atoms with E-state index in [-0.39, 0.29) is 11.9 Å². The number of halogens is 2. The number of morpholine rings is 1. The van der Waals surface area contributed by atoms with E-state index in [0.717, 1.165) is 4.47 Å². The molecule has 1 N–H and O–H groups in total. The van der Waals surface area contributed by atoms with E-state index in [9.17, 15) is 4.39 Å². The third-order valence-corrected chi connectivity index (χ3v) is 3.00. The van der Waals surface area contributed by atoms with Gasteiger partial charge in [-0.1, -0.05) is 22.0 Å². The van der Waals surface area contributed by atoms with Crippen LogP contribution < -0.4 is 5.32 Å². The summed E-state index contributed by atoms with van der Waals surface area (Å²) >= 11 is 3.23. The fourth-order valence-electron chi connectivity index (χ4n) is 1.65. The smallest absolute Gasteiger partial charge is 0.130 e. The Morgan fingerprint density at radius 2 is 2.33 bits per heavy atom. The van der Waals surface area contributed by atoms with Crippen molar-refractivity contribution in [3.05, 3.63) is 34.1 Å². The molecule has 82 valence electrons. The molecule has 2 rings (SSSR count). The van der Waals surface area contributed by atoms with Gasteiger partial charge in [0.15, 0.2) is 0 Å². The average molecular weight is 274 g/mol. The zero-order valence-electron chi connectivity index (χ0n) is 8.47. The van der Waals surface area contributed by atoms with Crippen LogP contribution in [-0.2, 0) is 4.74 Å². The fraction of sp³-hybridized carbons (Fsp3) is 0.455. The van der Waals surface area contributed by atoms with Gasteiger partial charge < -0.3 is 10.1 Å². The molecule has 0 amide bonds. The maximum absolute atomic E-state index is 13.6. The van der Waals surface area contributed by atoms with Gasteiger partial charge in [0, 0.05) is 22.6 Å². The first kappa shape index (κ1) is 11.0. The number of ether oxygens (including phenoxy) is 1. The summed E-state index contributed by atoms with van der Waals surface area (Å²) in [7, 11) is 0. The molecule has 0 radical (unpaired) electrons. The summed E-state index contributed by atoms with van der Waals surface area (Å²) in [6.07, 6.45) is -0.172. The fourth-order valence-corrected chi connectivity index (χ4v) is 1.98. The molecule has 1 heterocycles. The molecule has 2 nitrogen and oxygen atoms in total. The highest BCUT2D eigenvalue weighted by atomic mass is 79.9. The largest absolute Gasteiger partial charge is 0.370 e. The van der Waals surface area contributed by atoms with Crippen LogP contribution in [0.5, 0.6) is 0 Å². The summed E-state index contributed by atoms with van der Waals surface area (Å²) in [4.78, 5) is 0. The monoisotopic (exact) mass is 273 g/mol. The number of hydrogen-bond donors (Lipinski definition) is 1. The van der Waals surface area contributed by atoms with Crippen molar-refractivity contribution in [3.63, 3.8) is 0 Å². The van der Waals surface area contributed by atoms with Crippen LogP contribution in [0.2, 0.25) is 0 Å². The van der Waals surface area contributed by atoms with Gasteiger partial charge in [-0.2, -0.15) is 0 Å². The molecule has 0 saturated carbocycles. The molecule has 1 fully saturated rings. The van der Waals surface area contributed by atoms with Gasteiger partial charge in [-0.05, 0) is 19.1 Å². The quantitative estimate of drug-likeness (QED) is 0.850. The molecule has 0 aromatic heterocycles. The highest BCUT2D eigenvalue weighted by molar-refractivity contribution is 9.10. The van der Waals surface area contributed by atoms with E-state index in [2.05, 4.69) is 21.2 Å². The van der Waals surface area contributed by atoms with Crippen LogP contribution in [0.3, 0.4) is 0 Å². The molecule has 0 bridgehead atoms. The predicted octanol–water partition coefficient (Wildman–Crippen LogP) is 2.64. The molecule has 0 spiro atoms. The van der Waals surface area contributed by atoms with Crippen LogP contribution >= 0.6 is 15.9 Å². The maximum atomic E-state index is 13.6. The Kier molecular flexibility index (Phi) is 3.38. The third kappa shape index (κ3) is 2.56. The van der Waals surface area contributed by atoms with Crippen molar-refractivity contribution >= 4 is 15.9 Å². The molecule has 1 aliphatic heterocycles. The van der Waals surface area contributed by atoms with Crippen LogP contribution in [0.25, 0.3) is 0 Å². The number of rotatable bonds is 1. The van der Waals surface area contributed by atoms with Crippen molar-refractivity contribution < 1.29 is 9.13 Å². The first-order valence-electron chi connectivity index (χ1n) is 4.97. The Hall–Kier alpha value is -0.450. The maximum Gasteiger partial charge on any atom is 0.130 e. The van der Waals surface area contributed by atoms with E-state index < -0.39 is 0 Å². The molecule has 1 saturated heterocycles. The molecule has 4 heteroatoms. The summed E-state index contributed by atoms with van der Waals surface area (Å²) in [6, 6.07) is 5.41. The van der Waals surface area contributed by atoms with Gasteiger partial charge in [0.25, 0.3) is 0 Å². The lowest BCUT2D eigenvalue weighted by Gasteiger charge is -2.28. The summed E-state index contributed by atoms with van der Waals surface area (Å²) < 4.78 is 19.9. The Bertz CT molecular complexity index is 350. The second kappa shape index (κ2) is 4.60. The summed E-state index contributed by atoms with van der Waals surface area (Å²) in [6.45, 7) is 3.34. The van der Waals surface area contributed by atoms with Gasteiger partial charge in [0.1, 0.15) is 5.82 Å². The van der Waals surface area contributed by atoms with Crippen LogP contribution in [0.1, 0.15) is 18.6 Å². The molecule has 2 unspecified atom stereocenters. The van der Waals surface area contributed by atoms with Gasteiger partial charge >= 0.3 is 0 Å². The van der Waals surface area contributed by atoms with Crippen molar-refractivity contribution in [1.29, 1.82) is 0 Å². The van der Waals surface area contributed by atoms with E-state index >= 15 is 0 Å². The molecular formula is C11H13BrFNO. The molecule has 15 heavy (non-hydrogen) atoms. The highest BCUT2D eigenvalue weighted by Gasteiger charge is 2.22. The van der Waals surface area contributed by atoms with E-state index in [1.807, 2.05) is 13.0 Å². The lowest BCUT2D eigenvalue weighted by molar-refractivity contribution is 0.00502. The SMILES string of the molecule is CC1COC(c2ccc(Br)cc2F)CN1. The van der Waals surface area contributed by atoms with Gasteiger partial charge in [-0.15, -0.1) is 0 Å². The minimum absolute atomic E-state index is 0.172. The molecular weight excluding hydrogens is 261 g/mol. The van der Waals surface area contributed by atoms with E-state index in [4.69, 9.17) is 4.74 Å². The lowest BCUT2D eigenvalue weighted by atomic mass is 10.1. The van der Waals surface area contributed by atoms with Crippen LogP contribution in [0.15, 0.2) is 22.7 Å². The Morgan fingerprint density at radius 3 is 2.93 bits per heavy atom. The van der Waals surface area contributed by atoms with Crippen molar-refractivity contribution in [1.82, 2.24) is 5.32 Å². The normalized spacial score (nSPS) is 26.6. The molecule has 1 aliphatic rings. The molecule has 1 aromatic carbocycles. The van der Waals surface area contributed by atoms with Gasteiger partial charge in [-0.25, -0.2) is 4.39 Å². The zero-order valence-corrected chi connectivity index (χ0v) is 10.1. The van der Waals surface area contributed by atoms with E-state index in [1.165, 1.54) is 6.07 Å². The zero-order chi connectivity index (χ0) is 10.8. The number of nitrogens with one attached hydrogen (secondary N) is 1. The molecule has 2 atom stereocenters. The minimum atomic E-state index is -0.217. The van der Waals surface area contributed by atoms with Crippen LogP contribution in [0.4, 0.5) is 4.39 Å². The molecule has 0 aliphatic carbocycles. The number of hydrogen-bond acceptors (Lipinski definition) is 2. The second-order valence-electron chi connectivity index (χ2n) is 3.80. The van der Waals surface area contributed by atoms with Crippen molar-refractivity contribution in [2.45, 2.75) is 19.1 Å². The standard InChI is InChI=1S/C11H13BrFNO/c1-7-6-15-11(5-14-7)9-3-2-8(12)4-10(9)13/h2-4,7,11,14H,5-6H2,1H3. The topological polar surface area (TPSA) is 21.3 Å². The molecule has 1 aromatic rings. The average Bonchev–Trinajstić information content (AvgIpc) is 2.20. The van der Waals surface area contributed by atoms with Gasteiger partial charge in [0.05, 0.1) is 12.7 Å². The Balaban J connectivity index is 2.15. The van der Waals surface area contributed by atoms with E-state index in [1.54, 1.807) is 6.07 Å². The van der Waals surface area contributed by atoms with Gasteiger partial charge in [-0.3, -0.25) is 0 Å². The first-order valence-corrected chi connectivity index (χ1v) is 5.76. The third-order valence-electron chi connectivity index (χ3n) is 2.51. The minimum Gasteiger partial charge on any atom is -0.370 e. The first-order chi connectivity index (χ1) is 7.16. The summed E-state index contributed by atoms with van der Waals surface area (Å²) in [5, 5.41) is 3.27. The van der Waals surface area contributed by atoms with Crippen molar-refractivity contribution in [3.8, 4) is 0 Å². The number of benzene rings is 1. The Labute approximate surface area is 96.9 Å². The van der Waals surface area contributed by atoms with Gasteiger partial charge in [0.2, 0.25) is 0 Å². The highest BCUT2D eigenvalue weighted by Crippen LogP contribution is 2.25. The predicted molar refractivity (Wildman–Crippen MR) is 60.3 cm³/mol. The summed E-state index contributed by atoms with van der Waals surface area (Å²) in [5.74, 6) is -0.217. The van der Waals surface area contributed by atoms with Crippen LogP contribution in [0, 0.1) is 5.82 Å². The van der Waals surface area contributed by atoms with E-state index in [0.29, 0.717) is 24.8 Å². The Morgan fingerprint density at radius 1 is 1.53 bits per heavy atom. The second-order valence-corrected chi connectivity index (χ2v) is 4.71. The van der Waals surface area contributed by atoms with Crippen LogP contribution in [-0.4, -0.2) is 19.2 Å².